The number of hydrogen-bond donors (Lipinski definition) is 1. The topological polar surface area (TPSA) is 92.8 Å². The summed E-state index contributed by atoms with van der Waals surface area (Å²) < 4.78 is 31.9. The summed E-state index contributed by atoms with van der Waals surface area (Å²) in [4.78, 5) is 24.3. The zero-order chi connectivity index (χ0) is 20.1. The van der Waals surface area contributed by atoms with Crippen molar-refractivity contribution < 1.29 is 22.7 Å². The number of halogens is 1. The van der Waals surface area contributed by atoms with Crippen molar-refractivity contribution in [3.63, 3.8) is 0 Å². The van der Waals surface area contributed by atoms with Crippen LogP contribution < -0.4 is 5.32 Å². The Hall–Kier alpha value is -1.94. The van der Waals surface area contributed by atoms with Crippen molar-refractivity contribution in [2.24, 2.45) is 5.92 Å². The molecule has 10 heteroatoms. The zero-order valence-electron chi connectivity index (χ0n) is 14.8. The first kappa shape index (κ1) is 20.8. The van der Waals surface area contributed by atoms with Crippen molar-refractivity contribution in [3.05, 3.63) is 46.8 Å². The van der Waals surface area contributed by atoms with Gasteiger partial charge in [-0.05, 0) is 36.4 Å². The lowest BCUT2D eigenvalue weighted by atomic mass is 10.00. The predicted molar refractivity (Wildman–Crippen MR) is 107 cm³/mol. The third-order valence-electron chi connectivity index (χ3n) is 4.30. The molecule has 2 aromatic rings. The van der Waals surface area contributed by atoms with Gasteiger partial charge in [0.2, 0.25) is 0 Å². The first-order chi connectivity index (χ1) is 13.4. The molecule has 1 aliphatic rings. The predicted octanol–water partition coefficient (Wildman–Crippen LogP) is 2.98. The minimum absolute atomic E-state index is 0.0468. The fraction of sp³-hybridized carbons (Fsp3) is 0.333. The van der Waals surface area contributed by atoms with E-state index in [0.29, 0.717) is 30.1 Å². The molecule has 1 aliphatic heterocycles. The number of benzene rings is 1. The van der Waals surface area contributed by atoms with Gasteiger partial charge >= 0.3 is 5.97 Å². The number of rotatable bonds is 6. The van der Waals surface area contributed by atoms with Gasteiger partial charge in [0.05, 0.1) is 16.6 Å². The summed E-state index contributed by atoms with van der Waals surface area (Å²) in [5, 5.41) is 4.64. The number of nitrogens with zero attached hydrogens (tertiary/aromatic N) is 1. The van der Waals surface area contributed by atoms with Gasteiger partial charge in [-0.2, -0.15) is 4.31 Å². The molecule has 1 saturated heterocycles. The van der Waals surface area contributed by atoms with E-state index in [0.717, 1.165) is 11.3 Å². The molecule has 0 aliphatic carbocycles. The van der Waals surface area contributed by atoms with Crippen LogP contribution in [-0.4, -0.2) is 44.3 Å². The number of hydrogen-bond acceptors (Lipinski definition) is 6. The van der Waals surface area contributed by atoms with Crippen molar-refractivity contribution in [2.45, 2.75) is 17.1 Å². The van der Waals surface area contributed by atoms with Crippen molar-refractivity contribution in [1.82, 2.24) is 4.31 Å². The monoisotopic (exact) mass is 442 g/mol. The van der Waals surface area contributed by atoms with Crippen LogP contribution in [0, 0.1) is 5.92 Å². The number of esters is 1. The number of carbonyl (C=O) groups excluding carboxylic acids is 2. The van der Waals surface area contributed by atoms with Crippen LogP contribution in [0.25, 0.3) is 0 Å². The Morgan fingerprint density at radius 2 is 2.04 bits per heavy atom. The first-order valence-electron chi connectivity index (χ1n) is 8.62. The molecule has 3 rings (SSSR count). The fourth-order valence-electron chi connectivity index (χ4n) is 2.89. The van der Waals surface area contributed by atoms with Crippen LogP contribution in [0.1, 0.15) is 12.8 Å². The number of nitrogens with one attached hydrogen (secondary N) is 1. The SMILES string of the molecule is O=C(COC(=O)C1CCCN(S(=O)(=O)c2cccs2)C1)Nc1ccccc1Cl. The standard InChI is InChI=1S/C18H19ClN2O5S2/c19-14-6-1-2-7-15(14)20-16(22)12-26-18(23)13-5-3-9-21(11-13)28(24,25)17-8-4-10-27-17/h1-2,4,6-8,10,13H,3,5,9,11-12H2,(H,20,22). The quantitative estimate of drug-likeness (QED) is 0.694. The minimum atomic E-state index is -3.61. The molecular formula is C18H19ClN2O5S2. The molecule has 1 unspecified atom stereocenters. The fourth-order valence-corrected chi connectivity index (χ4v) is 5.75. The second-order valence-electron chi connectivity index (χ2n) is 6.27. The Labute approximate surface area is 172 Å². The summed E-state index contributed by atoms with van der Waals surface area (Å²) in [6, 6.07) is 9.94. The van der Waals surface area contributed by atoms with Crippen molar-refractivity contribution in [2.75, 3.05) is 25.0 Å². The Morgan fingerprint density at radius 3 is 2.75 bits per heavy atom. The molecule has 150 valence electrons. The molecule has 0 bridgehead atoms. The van der Waals surface area contributed by atoms with Crippen molar-refractivity contribution in [3.8, 4) is 0 Å². The third-order valence-corrected chi connectivity index (χ3v) is 7.87. The highest BCUT2D eigenvalue weighted by atomic mass is 35.5. The van der Waals surface area contributed by atoms with Gasteiger partial charge in [0.1, 0.15) is 4.21 Å². The van der Waals surface area contributed by atoms with E-state index in [1.54, 1.807) is 41.8 Å². The number of amides is 1. The van der Waals surface area contributed by atoms with Crippen LogP contribution in [0.15, 0.2) is 46.0 Å². The van der Waals surface area contributed by atoms with Gasteiger partial charge in [0.25, 0.3) is 15.9 Å². The molecule has 1 N–H and O–H groups in total. The van der Waals surface area contributed by atoms with Crippen LogP contribution in [0.5, 0.6) is 0 Å². The number of para-hydroxylation sites is 1. The maximum atomic E-state index is 12.6. The number of thiophene rings is 1. The van der Waals surface area contributed by atoms with Gasteiger partial charge in [-0.1, -0.05) is 29.8 Å². The van der Waals surface area contributed by atoms with Gasteiger partial charge < -0.3 is 10.1 Å². The summed E-state index contributed by atoms with van der Waals surface area (Å²) in [6.07, 6.45) is 1.07. The van der Waals surface area contributed by atoms with E-state index < -0.39 is 34.4 Å². The molecule has 1 aromatic heterocycles. The van der Waals surface area contributed by atoms with Crippen LogP contribution in [0.4, 0.5) is 5.69 Å². The van der Waals surface area contributed by atoms with E-state index in [9.17, 15) is 18.0 Å². The Balaban J connectivity index is 1.54. The Morgan fingerprint density at radius 1 is 1.25 bits per heavy atom. The van der Waals surface area contributed by atoms with Crippen molar-refractivity contribution in [1.29, 1.82) is 0 Å². The summed E-state index contributed by atoms with van der Waals surface area (Å²) >= 11 is 7.11. The lowest BCUT2D eigenvalue weighted by Gasteiger charge is -2.30. The second kappa shape index (κ2) is 9.04. The average molecular weight is 443 g/mol. The Kier molecular flexibility index (Phi) is 6.71. The molecule has 28 heavy (non-hydrogen) atoms. The molecule has 7 nitrogen and oxygen atoms in total. The highest BCUT2D eigenvalue weighted by Gasteiger charge is 2.34. The summed E-state index contributed by atoms with van der Waals surface area (Å²) in [5.74, 6) is -1.70. The second-order valence-corrected chi connectivity index (χ2v) is 9.79. The minimum Gasteiger partial charge on any atom is -0.455 e. The van der Waals surface area contributed by atoms with Crippen LogP contribution in [0.2, 0.25) is 5.02 Å². The van der Waals surface area contributed by atoms with Gasteiger partial charge in [-0.15, -0.1) is 11.3 Å². The summed E-state index contributed by atoms with van der Waals surface area (Å²) in [7, 11) is -3.61. The van der Waals surface area contributed by atoms with Gasteiger partial charge in [0.15, 0.2) is 6.61 Å². The summed E-state index contributed by atoms with van der Waals surface area (Å²) in [5.41, 5.74) is 0.427. The van der Waals surface area contributed by atoms with Gasteiger partial charge in [-0.25, -0.2) is 8.42 Å². The molecule has 1 atom stereocenters. The number of ether oxygens (including phenoxy) is 1. The number of anilines is 1. The van der Waals surface area contributed by atoms with E-state index in [-0.39, 0.29) is 10.8 Å². The highest BCUT2D eigenvalue weighted by molar-refractivity contribution is 7.91. The largest absolute Gasteiger partial charge is 0.455 e. The van der Waals surface area contributed by atoms with E-state index in [1.807, 2.05) is 0 Å². The Bertz CT molecular complexity index is 947. The molecule has 2 heterocycles. The van der Waals surface area contributed by atoms with Gasteiger partial charge in [-0.3, -0.25) is 9.59 Å². The number of piperidine rings is 1. The maximum Gasteiger partial charge on any atom is 0.310 e. The van der Waals surface area contributed by atoms with Crippen LogP contribution in [-0.2, 0) is 24.3 Å². The van der Waals surface area contributed by atoms with Crippen LogP contribution in [0.3, 0.4) is 0 Å². The normalized spacial score (nSPS) is 17.8. The first-order valence-corrected chi connectivity index (χ1v) is 11.3. The molecular weight excluding hydrogens is 424 g/mol. The lowest BCUT2D eigenvalue weighted by molar-refractivity contribution is -0.152. The van der Waals surface area contributed by atoms with E-state index >= 15 is 0 Å². The summed E-state index contributed by atoms with van der Waals surface area (Å²) in [6.45, 7) is -0.0551. The maximum absolute atomic E-state index is 12.6. The van der Waals surface area contributed by atoms with E-state index in [2.05, 4.69) is 5.32 Å². The van der Waals surface area contributed by atoms with E-state index in [4.69, 9.17) is 16.3 Å². The average Bonchev–Trinajstić information content (AvgIpc) is 3.24. The molecule has 0 radical (unpaired) electrons. The highest BCUT2D eigenvalue weighted by Crippen LogP contribution is 2.27. The molecule has 0 spiro atoms. The molecule has 1 aromatic carbocycles. The van der Waals surface area contributed by atoms with Crippen LogP contribution >= 0.6 is 22.9 Å². The van der Waals surface area contributed by atoms with E-state index in [1.165, 1.54) is 4.31 Å². The molecule has 1 amide bonds. The molecule has 0 saturated carbocycles. The number of carbonyl (C=O) groups is 2. The lowest BCUT2D eigenvalue weighted by Crippen LogP contribution is -2.42. The van der Waals surface area contributed by atoms with Gasteiger partial charge in [0, 0.05) is 13.1 Å². The third kappa shape index (κ3) is 4.91. The zero-order valence-corrected chi connectivity index (χ0v) is 17.2. The van der Waals surface area contributed by atoms with Crippen molar-refractivity contribution >= 4 is 50.5 Å². The smallest absolute Gasteiger partial charge is 0.310 e. The number of sulfonamides is 1. The molecule has 1 fully saturated rings.